The number of para-hydroxylation sites is 1. The van der Waals surface area contributed by atoms with Crippen molar-refractivity contribution in [3.05, 3.63) is 29.8 Å². The SMILES string of the molecule is CCCCCCOC(=O)Cc1ccccc1O. The van der Waals surface area contributed by atoms with Crippen LogP contribution in [0, 0.1) is 0 Å². The van der Waals surface area contributed by atoms with Crippen LogP contribution in [0.5, 0.6) is 5.75 Å². The molecule has 0 aliphatic heterocycles. The Morgan fingerprint density at radius 1 is 1.24 bits per heavy atom. The number of ether oxygens (including phenoxy) is 1. The fraction of sp³-hybridized carbons (Fsp3) is 0.500. The fourth-order valence-electron chi connectivity index (χ4n) is 1.58. The van der Waals surface area contributed by atoms with E-state index in [2.05, 4.69) is 6.92 Å². The van der Waals surface area contributed by atoms with E-state index in [-0.39, 0.29) is 18.1 Å². The van der Waals surface area contributed by atoms with Crippen molar-refractivity contribution in [1.82, 2.24) is 0 Å². The van der Waals surface area contributed by atoms with E-state index in [0.29, 0.717) is 12.2 Å². The van der Waals surface area contributed by atoms with Gasteiger partial charge in [0, 0.05) is 5.56 Å². The number of aromatic hydroxyl groups is 1. The normalized spacial score (nSPS) is 10.2. The Morgan fingerprint density at radius 3 is 2.71 bits per heavy atom. The van der Waals surface area contributed by atoms with Gasteiger partial charge in [-0.05, 0) is 12.5 Å². The number of benzene rings is 1. The molecule has 1 N–H and O–H groups in total. The van der Waals surface area contributed by atoms with Crippen LogP contribution in [0.2, 0.25) is 0 Å². The first-order valence-electron chi connectivity index (χ1n) is 6.16. The van der Waals surface area contributed by atoms with Crippen LogP contribution in [0.1, 0.15) is 38.2 Å². The molecule has 0 radical (unpaired) electrons. The van der Waals surface area contributed by atoms with E-state index in [9.17, 15) is 9.90 Å². The zero-order valence-corrected chi connectivity index (χ0v) is 10.3. The molecule has 94 valence electrons. The Bertz CT molecular complexity index is 347. The van der Waals surface area contributed by atoms with Crippen LogP contribution in [0.4, 0.5) is 0 Å². The van der Waals surface area contributed by atoms with E-state index in [0.717, 1.165) is 12.8 Å². The van der Waals surface area contributed by atoms with E-state index >= 15 is 0 Å². The molecule has 0 fully saturated rings. The van der Waals surface area contributed by atoms with Gasteiger partial charge in [-0.2, -0.15) is 0 Å². The van der Waals surface area contributed by atoms with Gasteiger partial charge < -0.3 is 9.84 Å². The second-order valence-corrected chi connectivity index (χ2v) is 4.09. The van der Waals surface area contributed by atoms with E-state index in [1.54, 1.807) is 24.3 Å². The Kier molecular flexibility index (Phi) is 6.15. The van der Waals surface area contributed by atoms with Gasteiger partial charge in [0.2, 0.25) is 0 Å². The predicted molar refractivity (Wildman–Crippen MR) is 66.9 cm³/mol. The van der Waals surface area contributed by atoms with Gasteiger partial charge in [-0.25, -0.2) is 0 Å². The van der Waals surface area contributed by atoms with Crippen molar-refractivity contribution in [3.63, 3.8) is 0 Å². The molecule has 0 bridgehead atoms. The predicted octanol–water partition coefficient (Wildman–Crippen LogP) is 3.06. The average Bonchev–Trinajstić information content (AvgIpc) is 2.32. The zero-order valence-electron chi connectivity index (χ0n) is 10.3. The second kappa shape index (κ2) is 7.71. The summed E-state index contributed by atoms with van der Waals surface area (Å²) in [5, 5.41) is 9.49. The Morgan fingerprint density at radius 2 is 2.00 bits per heavy atom. The molecule has 17 heavy (non-hydrogen) atoms. The standard InChI is InChI=1S/C14H20O3/c1-2-3-4-7-10-17-14(16)11-12-8-5-6-9-13(12)15/h5-6,8-9,15H,2-4,7,10-11H2,1H3. The number of hydrogen-bond donors (Lipinski definition) is 1. The molecule has 1 aromatic carbocycles. The summed E-state index contributed by atoms with van der Waals surface area (Å²) in [5.74, 6) is -0.126. The maximum atomic E-state index is 11.5. The van der Waals surface area contributed by atoms with Crippen molar-refractivity contribution in [3.8, 4) is 5.75 Å². The van der Waals surface area contributed by atoms with Crippen molar-refractivity contribution >= 4 is 5.97 Å². The molecule has 0 atom stereocenters. The van der Waals surface area contributed by atoms with Crippen molar-refractivity contribution in [1.29, 1.82) is 0 Å². The highest BCUT2D eigenvalue weighted by atomic mass is 16.5. The first kappa shape index (κ1) is 13.6. The highest BCUT2D eigenvalue weighted by Crippen LogP contribution is 2.16. The molecule has 0 saturated carbocycles. The van der Waals surface area contributed by atoms with Gasteiger partial charge in [-0.1, -0.05) is 44.4 Å². The molecule has 0 amide bonds. The lowest BCUT2D eigenvalue weighted by molar-refractivity contribution is -0.143. The summed E-state index contributed by atoms with van der Waals surface area (Å²) in [4.78, 5) is 11.5. The van der Waals surface area contributed by atoms with Crippen molar-refractivity contribution in [2.75, 3.05) is 6.61 Å². The van der Waals surface area contributed by atoms with Gasteiger partial charge in [-0.3, -0.25) is 4.79 Å². The second-order valence-electron chi connectivity index (χ2n) is 4.09. The van der Waals surface area contributed by atoms with Crippen LogP contribution in [-0.4, -0.2) is 17.7 Å². The van der Waals surface area contributed by atoms with Gasteiger partial charge >= 0.3 is 5.97 Å². The van der Waals surface area contributed by atoms with Crippen LogP contribution >= 0.6 is 0 Å². The molecule has 0 unspecified atom stereocenters. The van der Waals surface area contributed by atoms with Gasteiger partial charge in [-0.15, -0.1) is 0 Å². The van der Waals surface area contributed by atoms with Gasteiger partial charge in [0.05, 0.1) is 13.0 Å². The quantitative estimate of drug-likeness (QED) is 0.584. The number of phenols is 1. The van der Waals surface area contributed by atoms with Crippen LogP contribution in [0.25, 0.3) is 0 Å². The smallest absolute Gasteiger partial charge is 0.310 e. The van der Waals surface area contributed by atoms with Gasteiger partial charge in [0.15, 0.2) is 0 Å². The molecule has 0 aliphatic rings. The zero-order chi connectivity index (χ0) is 12.5. The third-order valence-electron chi connectivity index (χ3n) is 2.59. The van der Waals surface area contributed by atoms with Crippen LogP contribution in [0.15, 0.2) is 24.3 Å². The van der Waals surface area contributed by atoms with Crippen molar-refractivity contribution in [2.45, 2.75) is 39.0 Å². The van der Waals surface area contributed by atoms with Crippen LogP contribution in [-0.2, 0) is 16.0 Å². The molecule has 3 heteroatoms. The molecule has 3 nitrogen and oxygen atoms in total. The summed E-state index contributed by atoms with van der Waals surface area (Å²) in [7, 11) is 0. The van der Waals surface area contributed by atoms with Gasteiger partial charge in [0.25, 0.3) is 0 Å². The number of phenolic OH excluding ortho intramolecular Hbond substituents is 1. The van der Waals surface area contributed by atoms with E-state index in [1.165, 1.54) is 12.8 Å². The molecule has 0 saturated heterocycles. The maximum Gasteiger partial charge on any atom is 0.310 e. The molecule has 0 spiro atoms. The monoisotopic (exact) mass is 236 g/mol. The highest BCUT2D eigenvalue weighted by Gasteiger charge is 2.07. The summed E-state index contributed by atoms with van der Waals surface area (Å²) in [5.41, 5.74) is 0.617. The summed E-state index contributed by atoms with van der Waals surface area (Å²) < 4.78 is 5.10. The lowest BCUT2D eigenvalue weighted by Crippen LogP contribution is -2.09. The topological polar surface area (TPSA) is 46.5 Å². The summed E-state index contributed by atoms with van der Waals surface area (Å²) >= 11 is 0. The number of rotatable bonds is 7. The summed E-state index contributed by atoms with van der Waals surface area (Å²) in [6, 6.07) is 6.83. The number of carbonyl (C=O) groups is 1. The minimum atomic E-state index is -0.275. The Labute approximate surface area is 102 Å². The number of esters is 1. The third kappa shape index (κ3) is 5.38. The third-order valence-corrected chi connectivity index (χ3v) is 2.59. The Hall–Kier alpha value is -1.51. The maximum absolute atomic E-state index is 11.5. The van der Waals surface area contributed by atoms with Crippen LogP contribution in [0.3, 0.4) is 0 Å². The number of unbranched alkanes of at least 4 members (excludes halogenated alkanes) is 3. The summed E-state index contributed by atoms with van der Waals surface area (Å²) in [6.45, 7) is 2.62. The fourth-order valence-corrected chi connectivity index (χ4v) is 1.58. The molecular weight excluding hydrogens is 216 g/mol. The van der Waals surface area contributed by atoms with Crippen molar-refractivity contribution < 1.29 is 14.6 Å². The molecule has 1 aromatic rings. The first-order valence-corrected chi connectivity index (χ1v) is 6.16. The molecule has 0 aliphatic carbocycles. The molecule has 1 rings (SSSR count). The number of carbonyl (C=O) groups excluding carboxylic acids is 1. The van der Waals surface area contributed by atoms with E-state index in [4.69, 9.17) is 4.74 Å². The lowest BCUT2D eigenvalue weighted by atomic mass is 10.1. The number of hydrogen-bond acceptors (Lipinski definition) is 3. The Balaban J connectivity index is 2.23. The first-order chi connectivity index (χ1) is 8.24. The van der Waals surface area contributed by atoms with Crippen LogP contribution < -0.4 is 0 Å². The minimum absolute atomic E-state index is 0.139. The highest BCUT2D eigenvalue weighted by molar-refractivity contribution is 5.73. The largest absolute Gasteiger partial charge is 0.508 e. The van der Waals surface area contributed by atoms with Crippen molar-refractivity contribution in [2.24, 2.45) is 0 Å². The molecule has 0 heterocycles. The minimum Gasteiger partial charge on any atom is -0.508 e. The molecular formula is C14H20O3. The van der Waals surface area contributed by atoms with E-state index < -0.39 is 0 Å². The average molecular weight is 236 g/mol. The van der Waals surface area contributed by atoms with E-state index in [1.807, 2.05) is 0 Å². The summed E-state index contributed by atoms with van der Waals surface area (Å²) in [6.07, 6.45) is 4.50. The lowest BCUT2D eigenvalue weighted by Gasteiger charge is -2.05. The molecule has 0 aromatic heterocycles. The van der Waals surface area contributed by atoms with Gasteiger partial charge in [0.1, 0.15) is 5.75 Å².